The molecule has 1 aliphatic heterocycles. The molecule has 3 heterocycles. The highest BCUT2D eigenvalue weighted by Crippen LogP contribution is 2.35. The Labute approximate surface area is 191 Å². The Kier molecular flexibility index (Phi) is 6.09. The third kappa shape index (κ3) is 4.78. The number of benzene rings is 1. The molecule has 1 saturated heterocycles. The minimum absolute atomic E-state index is 0.138. The first-order chi connectivity index (χ1) is 14.7. The topological polar surface area (TPSA) is 112 Å². The predicted octanol–water partition coefficient (Wildman–Crippen LogP) is 3.89. The zero-order valence-corrected chi connectivity index (χ0v) is 19.2. The van der Waals surface area contributed by atoms with E-state index in [4.69, 9.17) is 31.6 Å². The molecule has 4 N–H and O–H groups in total. The molecule has 1 aliphatic rings. The van der Waals surface area contributed by atoms with Crippen LogP contribution in [0.25, 0.3) is 5.65 Å². The SMILES string of the molecule is CC1(C)OC[C@H](CONC(=O)c2cn3ccnc3c(Cl)c2Nc2ccc(Br)cc2N)O1. The minimum atomic E-state index is -0.667. The van der Waals surface area contributed by atoms with E-state index in [0.29, 0.717) is 29.3 Å². The largest absolute Gasteiger partial charge is 0.397 e. The highest BCUT2D eigenvalue weighted by molar-refractivity contribution is 9.10. The number of hydrogen-bond donors (Lipinski definition) is 3. The van der Waals surface area contributed by atoms with E-state index in [1.54, 1.807) is 35.1 Å². The molecule has 0 radical (unpaired) electrons. The summed E-state index contributed by atoms with van der Waals surface area (Å²) >= 11 is 9.96. The molecule has 31 heavy (non-hydrogen) atoms. The summed E-state index contributed by atoms with van der Waals surface area (Å²) < 4.78 is 13.6. The van der Waals surface area contributed by atoms with E-state index in [1.165, 1.54) is 0 Å². The summed E-state index contributed by atoms with van der Waals surface area (Å²) in [6.07, 6.45) is 4.62. The van der Waals surface area contributed by atoms with Gasteiger partial charge in [0.05, 0.1) is 29.2 Å². The van der Waals surface area contributed by atoms with Gasteiger partial charge in [-0.3, -0.25) is 9.63 Å². The number of nitrogens with two attached hydrogens (primary N) is 1. The van der Waals surface area contributed by atoms with Crippen molar-refractivity contribution in [1.82, 2.24) is 14.9 Å². The summed E-state index contributed by atoms with van der Waals surface area (Å²) in [5.41, 5.74) is 10.7. The number of pyridine rings is 1. The normalized spacial score (nSPS) is 17.7. The van der Waals surface area contributed by atoms with E-state index >= 15 is 0 Å². The summed E-state index contributed by atoms with van der Waals surface area (Å²) in [5.74, 6) is -1.16. The van der Waals surface area contributed by atoms with Crippen LogP contribution in [0.1, 0.15) is 24.2 Å². The van der Waals surface area contributed by atoms with E-state index in [2.05, 4.69) is 31.7 Å². The summed E-state index contributed by atoms with van der Waals surface area (Å²) in [7, 11) is 0. The van der Waals surface area contributed by atoms with Gasteiger partial charge in [-0.25, -0.2) is 10.5 Å². The number of halogens is 2. The number of carbonyl (C=O) groups excluding carboxylic acids is 1. The van der Waals surface area contributed by atoms with Crippen molar-refractivity contribution in [3.8, 4) is 0 Å². The van der Waals surface area contributed by atoms with E-state index in [0.717, 1.165) is 4.47 Å². The molecule has 11 heteroatoms. The number of hydrogen-bond acceptors (Lipinski definition) is 7. The maximum Gasteiger partial charge on any atom is 0.278 e. The Morgan fingerprint density at radius 3 is 3.00 bits per heavy atom. The van der Waals surface area contributed by atoms with Crippen LogP contribution in [-0.2, 0) is 14.3 Å². The second-order valence-corrected chi connectivity index (χ2v) is 8.73. The Morgan fingerprint density at radius 2 is 2.29 bits per heavy atom. The number of nitrogens with zero attached hydrogens (tertiary/aromatic N) is 2. The van der Waals surface area contributed by atoms with Crippen LogP contribution in [0.2, 0.25) is 5.02 Å². The molecule has 0 aliphatic carbocycles. The average molecular weight is 511 g/mol. The second-order valence-electron chi connectivity index (χ2n) is 7.44. The number of nitrogen functional groups attached to an aromatic ring is 1. The number of carbonyl (C=O) groups is 1. The highest BCUT2D eigenvalue weighted by Gasteiger charge is 2.33. The molecule has 0 bridgehead atoms. The van der Waals surface area contributed by atoms with Crippen LogP contribution in [0, 0.1) is 0 Å². The molecule has 0 spiro atoms. The highest BCUT2D eigenvalue weighted by atomic mass is 79.9. The van der Waals surface area contributed by atoms with Crippen molar-refractivity contribution in [1.29, 1.82) is 0 Å². The summed E-state index contributed by atoms with van der Waals surface area (Å²) in [6, 6.07) is 5.36. The monoisotopic (exact) mass is 509 g/mol. The molecule has 3 aromatic rings. The van der Waals surface area contributed by atoms with E-state index in [9.17, 15) is 4.79 Å². The quantitative estimate of drug-likeness (QED) is 0.341. The number of hydroxylamine groups is 1. The van der Waals surface area contributed by atoms with Gasteiger partial charge in [-0.1, -0.05) is 27.5 Å². The molecule has 0 unspecified atom stereocenters. The van der Waals surface area contributed by atoms with Crippen LogP contribution < -0.4 is 16.5 Å². The summed E-state index contributed by atoms with van der Waals surface area (Å²) in [4.78, 5) is 22.6. The molecule has 4 rings (SSSR count). The van der Waals surface area contributed by atoms with Crippen LogP contribution in [0.3, 0.4) is 0 Å². The molecule has 1 amide bonds. The van der Waals surface area contributed by atoms with Gasteiger partial charge < -0.3 is 24.9 Å². The molecule has 1 fully saturated rings. The Balaban J connectivity index is 1.57. The number of aromatic nitrogens is 2. The lowest BCUT2D eigenvalue weighted by molar-refractivity contribution is -0.147. The second kappa shape index (κ2) is 8.64. The number of rotatable bonds is 6. The molecule has 2 aromatic heterocycles. The molecule has 164 valence electrons. The van der Waals surface area contributed by atoms with Crippen molar-refractivity contribution >= 4 is 56.1 Å². The third-order valence-corrected chi connectivity index (χ3v) is 5.49. The lowest BCUT2D eigenvalue weighted by Crippen LogP contribution is -2.31. The van der Waals surface area contributed by atoms with Crippen LogP contribution in [0.4, 0.5) is 17.1 Å². The van der Waals surface area contributed by atoms with Gasteiger partial charge in [0, 0.05) is 23.1 Å². The van der Waals surface area contributed by atoms with Crippen molar-refractivity contribution in [3.63, 3.8) is 0 Å². The maximum absolute atomic E-state index is 12.9. The van der Waals surface area contributed by atoms with E-state index in [-0.39, 0.29) is 23.3 Å². The average Bonchev–Trinajstić information content (AvgIpc) is 3.31. The summed E-state index contributed by atoms with van der Waals surface area (Å²) in [6.45, 7) is 4.16. The van der Waals surface area contributed by atoms with Crippen molar-refractivity contribution in [3.05, 3.63) is 51.8 Å². The van der Waals surface area contributed by atoms with Crippen LogP contribution in [-0.4, -0.2) is 40.4 Å². The lowest BCUT2D eigenvalue weighted by atomic mass is 10.2. The molecular formula is C20H21BrClN5O4. The van der Waals surface area contributed by atoms with Gasteiger partial charge in [0.2, 0.25) is 0 Å². The van der Waals surface area contributed by atoms with Crippen molar-refractivity contribution in [2.45, 2.75) is 25.7 Å². The van der Waals surface area contributed by atoms with Gasteiger partial charge in [0.1, 0.15) is 17.7 Å². The fourth-order valence-corrected chi connectivity index (χ4v) is 3.87. The van der Waals surface area contributed by atoms with Crippen molar-refractivity contribution < 1.29 is 19.1 Å². The molecular weight excluding hydrogens is 490 g/mol. The number of anilines is 3. The predicted molar refractivity (Wildman–Crippen MR) is 120 cm³/mol. The number of amides is 1. The van der Waals surface area contributed by atoms with E-state index in [1.807, 2.05) is 19.9 Å². The Morgan fingerprint density at radius 1 is 1.48 bits per heavy atom. The first kappa shape index (κ1) is 21.8. The molecule has 1 aromatic carbocycles. The van der Waals surface area contributed by atoms with Gasteiger partial charge in [0.25, 0.3) is 5.91 Å². The summed E-state index contributed by atoms with van der Waals surface area (Å²) in [5, 5.41) is 3.42. The number of fused-ring (bicyclic) bond motifs is 1. The minimum Gasteiger partial charge on any atom is -0.397 e. The zero-order valence-electron chi connectivity index (χ0n) is 16.8. The van der Waals surface area contributed by atoms with Crippen molar-refractivity contribution in [2.75, 3.05) is 24.3 Å². The van der Waals surface area contributed by atoms with Gasteiger partial charge in [0.15, 0.2) is 11.4 Å². The lowest BCUT2D eigenvalue weighted by Gasteiger charge is -2.18. The molecule has 9 nitrogen and oxygen atoms in total. The van der Waals surface area contributed by atoms with Crippen LogP contribution in [0.5, 0.6) is 0 Å². The van der Waals surface area contributed by atoms with E-state index < -0.39 is 11.7 Å². The maximum atomic E-state index is 12.9. The standard InChI is InChI=1S/C20H21BrClN5O4/c1-20(2)29-9-12(31-20)10-30-26-19(28)13-8-27-6-5-24-18(27)16(22)17(13)25-15-4-3-11(21)7-14(15)23/h3-8,12,25H,9-10,23H2,1-2H3,(H,26,28)/t12-/m1/s1. The fourth-order valence-electron chi connectivity index (χ4n) is 3.20. The smallest absolute Gasteiger partial charge is 0.278 e. The first-order valence-corrected chi connectivity index (χ1v) is 10.6. The van der Waals surface area contributed by atoms with Gasteiger partial charge >= 0.3 is 0 Å². The van der Waals surface area contributed by atoms with Gasteiger partial charge in [-0.05, 0) is 32.0 Å². The Bertz CT molecular complexity index is 1140. The van der Waals surface area contributed by atoms with Gasteiger partial charge in [-0.15, -0.1) is 0 Å². The van der Waals surface area contributed by atoms with Crippen LogP contribution in [0.15, 0.2) is 41.3 Å². The number of ether oxygens (including phenoxy) is 2. The zero-order chi connectivity index (χ0) is 22.2. The molecule has 1 atom stereocenters. The van der Waals surface area contributed by atoms with Crippen molar-refractivity contribution in [2.24, 2.45) is 0 Å². The number of nitrogens with one attached hydrogen (secondary N) is 2. The van der Waals surface area contributed by atoms with Crippen LogP contribution >= 0.6 is 27.5 Å². The first-order valence-electron chi connectivity index (χ1n) is 9.44. The number of imidazole rings is 1. The van der Waals surface area contributed by atoms with Gasteiger partial charge in [-0.2, -0.15) is 0 Å². The third-order valence-electron chi connectivity index (χ3n) is 4.64. The molecule has 0 saturated carbocycles. The Hall–Kier alpha value is -2.37. The fraction of sp³-hybridized carbons (Fsp3) is 0.300.